The molecule has 1 aliphatic carbocycles. The van der Waals surface area contributed by atoms with Gasteiger partial charge in [0.05, 0.1) is 6.04 Å². The molecular weight excluding hydrogens is 412 g/mol. The molecule has 28 heavy (non-hydrogen) atoms. The van der Waals surface area contributed by atoms with E-state index in [2.05, 4.69) is 75.5 Å². The quantitative estimate of drug-likeness (QED) is 0.706. The molecular formula is C24H29BrN2O. The maximum absolute atomic E-state index is 12.8. The van der Waals surface area contributed by atoms with Crippen molar-refractivity contribution in [1.29, 1.82) is 0 Å². The van der Waals surface area contributed by atoms with Crippen molar-refractivity contribution in [3.63, 3.8) is 0 Å². The summed E-state index contributed by atoms with van der Waals surface area (Å²) in [5.74, 6) is 0.356. The largest absolute Gasteiger partial charge is 0.349 e. The first-order valence-electron chi connectivity index (χ1n) is 10.5. The Morgan fingerprint density at radius 3 is 2.57 bits per heavy atom. The van der Waals surface area contributed by atoms with E-state index in [0.717, 1.165) is 36.9 Å². The van der Waals surface area contributed by atoms with E-state index in [4.69, 9.17) is 0 Å². The summed E-state index contributed by atoms with van der Waals surface area (Å²) in [6, 6.07) is 15.3. The van der Waals surface area contributed by atoms with E-state index in [1.54, 1.807) is 0 Å². The van der Waals surface area contributed by atoms with Gasteiger partial charge in [-0.2, -0.15) is 0 Å². The third-order valence-corrected chi connectivity index (χ3v) is 6.79. The molecule has 148 valence electrons. The van der Waals surface area contributed by atoms with Crippen LogP contribution < -0.4 is 5.32 Å². The second-order valence-electron chi connectivity index (χ2n) is 8.29. The minimum absolute atomic E-state index is 0.0826. The molecule has 0 spiro atoms. The fourth-order valence-electron chi connectivity index (χ4n) is 4.48. The molecule has 0 aromatic heterocycles. The standard InChI is InChI=1S/C24H29BrN2O/c1-17(21-8-7-19-3-2-4-22(19)15-21)26-24(28)20-11-13-27(14-12-20)16-18-5-9-23(25)10-6-18/h5-10,15,17,20H,2-4,11-14,16H2,1H3,(H,26,28). The van der Waals surface area contributed by atoms with Crippen LogP contribution in [-0.2, 0) is 24.2 Å². The minimum Gasteiger partial charge on any atom is -0.349 e. The zero-order valence-electron chi connectivity index (χ0n) is 16.6. The molecule has 1 N–H and O–H groups in total. The Morgan fingerprint density at radius 2 is 1.82 bits per heavy atom. The number of benzene rings is 2. The van der Waals surface area contributed by atoms with E-state index in [1.807, 2.05) is 0 Å². The average molecular weight is 441 g/mol. The minimum atomic E-state index is 0.0826. The van der Waals surface area contributed by atoms with E-state index in [0.29, 0.717) is 0 Å². The Bertz CT molecular complexity index is 825. The van der Waals surface area contributed by atoms with Crippen LogP contribution in [0.1, 0.15) is 54.5 Å². The van der Waals surface area contributed by atoms with Crippen molar-refractivity contribution in [2.45, 2.75) is 51.6 Å². The third-order valence-electron chi connectivity index (χ3n) is 6.26. The average Bonchev–Trinajstić information content (AvgIpc) is 3.18. The molecule has 1 amide bonds. The van der Waals surface area contributed by atoms with Crippen LogP contribution in [0.3, 0.4) is 0 Å². The van der Waals surface area contributed by atoms with Crippen molar-refractivity contribution in [3.8, 4) is 0 Å². The van der Waals surface area contributed by atoms with E-state index in [9.17, 15) is 4.79 Å². The summed E-state index contributed by atoms with van der Waals surface area (Å²) in [7, 11) is 0. The van der Waals surface area contributed by atoms with Crippen molar-refractivity contribution in [1.82, 2.24) is 10.2 Å². The Labute approximate surface area is 176 Å². The molecule has 2 aromatic rings. The number of hydrogen-bond acceptors (Lipinski definition) is 2. The molecule has 4 rings (SSSR count). The molecule has 1 fully saturated rings. The van der Waals surface area contributed by atoms with E-state index in [-0.39, 0.29) is 17.9 Å². The highest BCUT2D eigenvalue weighted by molar-refractivity contribution is 9.10. The van der Waals surface area contributed by atoms with E-state index < -0.39 is 0 Å². The lowest BCUT2D eigenvalue weighted by molar-refractivity contribution is -0.127. The Kier molecular flexibility index (Phi) is 6.17. The van der Waals surface area contributed by atoms with Crippen molar-refractivity contribution < 1.29 is 4.79 Å². The molecule has 0 radical (unpaired) electrons. The number of piperidine rings is 1. The molecule has 1 heterocycles. The third kappa shape index (κ3) is 4.66. The molecule has 0 saturated carbocycles. The van der Waals surface area contributed by atoms with Gasteiger partial charge >= 0.3 is 0 Å². The van der Waals surface area contributed by atoms with Gasteiger partial charge in [0.25, 0.3) is 0 Å². The van der Waals surface area contributed by atoms with Crippen LogP contribution in [0.25, 0.3) is 0 Å². The van der Waals surface area contributed by atoms with E-state index >= 15 is 0 Å². The van der Waals surface area contributed by atoms with Crippen LogP contribution in [0.2, 0.25) is 0 Å². The highest BCUT2D eigenvalue weighted by atomic mass is 79.9. The molecule has 1 saturated heterocycles. The first-order valence-corrected chi connectivity index (χ1v) is 11.3. The molecule has 2 aliphatic rings. The second kappa shape index (κ2) is 8.79. The van der Waals surface area contributed by atoms with Gasteiger partial charge in [0.15, 0.2) is 0 Å². The number of amides is 1. The predicted octanol–water partition coefficient (Wildman–Crippen LogP) is 5.03. The summed E-state index contributed by atoms with van der Waals surface area (Å²) in [5.41, 5.74) is 5.53. The SMILES string of the molecule is CC(NC(=O)C1CCN(Cc2ccc(Br)cc2)CC1)c1ccc2c(c1)CCC2. The smallest absolute Gasteiger partial charge is 0.223 e. The molecule has 1 atom stereocenters. The van der Waals surface area contributed by atoms with Gasteiger partial charge in [-0.05, 0) is 86.5 Å². The number of rotatable bonds is 5. The monoisotopic (exact) mass is 440 g/mol. The van der Waals surface area contributed by atoms with Crippen LogP contribution in [0.4, 0.5) is 0 Å². The first kappa shape index (κ1) is 19.7. The zero-order chi connectivity index (χ0) is 19.5. The number of likely N-dealkylation sites (tertiary alicyclic amines) is 1. The Morgan fingerprint density at radius 1 is 1.11 bits per heavy atom. The lowest BCUT2D eigenvalue weighted by Crippen LogP contribution is -2.40. The van der Waals surface area contributed by atoms with Crippen molar-refractivity contribution >= 4 is 21.8 Å². The van der Waals surface area contributed by atoms with Gasteiger partial charge in [0.2, 0.25) is 5.91 Å². The number of nitrogens with zero attached hydrogens (tertiary/aromatic N) is 1. The number of halogens is 1. The summed E-state index contributed by atoms with van der Waals surface area (Å²) >= 11 is 3.49. The number of hydrogen-bond donors (Lipinski definition) is 1. The van der Waals surface area contributed by atoms with Crippen molar-refractivity contribution in [2.24, 2.45) is 5.92 Å². The van der Waals surface area contributed by atoms with Gasteiger partial charge < -0.3 is 5.32 Å². The van der Waals surface area contributed by atoms with Gasteiger partial charge in [-0.3, -0.25) is 9.69 Å². The summed E-state index contributed by atoms with van der Waals surface area (Å²) in [5, 5.41) is 3.27. The maximum Gasteiger partial charge on any atom is 0.223 e. The van der Waals surface area contributed by atoms with Crippen molar-refractivity contribution in [3.05, 3.63) is 69.2 Å². The normalized spacial score (nSPS) is 18.6. The summed E-state index contributed by atoms with van der Waals surface area (Å²) < 4.78 is 1.11. The van der Waals surface area contributed by atoms with E-state index in [1.165, 1.54) is 41.5 Å². The first-order chi connectivity index (χ1) is 13.6. The van der Waals surface area contributed by atoms with Gasteiger partial charge in [0.1, 0.15) is 0 Å². The number of fused-ring (bicyclic) bond motifs is 1. The Hall–Kier alpha value is -1.65. The van der Waals surface area contributed by atoms with Crippen LogP contribution in [0.5, 0.6) is 0 Å². The van der Waals surface area contributed by atoms with Gasteiger partial charge in [0, 0.05) is 16.9 Å². The fraction of sp³-hybridized carbons (Fsp3) is 0.458. The number of nitrogens with one attached hydrogen (secondary N) is 1. The van der Waals surface area contributed by atoms with Gasteiger partial charge in [-0.1, -0.05) is 46.3 Å². The topological polar surface area (TPSA) is 32.3 Å². The highest BCUT2D eigenvalue weighted by Gasteiger charge is 2.26. The number of aryl methyl sites for hydroxylation is 2. The predicted molar refractivity (Wildman–Crippen MR) is 117 cm³/mol. The van der Waals surface area contributed by atoms with Crippen LogP contribution in [0, 0.1) is 5.92 Å². The number of carbonyl (C=O) groups is 1. The molecule has 4 heteroatoms. The van der Waals surface area contributed by atoms with Crippen LogP contribution in [-0.4, -0.2) is 23.9 Å². The lowest BCUT2D eigenvalue weighted by atomic mass is 9.94. The molecule has 1 aliphatic heterocycles. The molecule has 1 unspecified atom stereocenters. The summed E-state index contributed by atoms with van der Waals surface area (Å²) in [6.45, 7) is 5.05. The number of carbonyl (C=O) groups excluding carboxylic acids is 1. The Balaban J connectivity index is 1.27. The van der Waals surface area contributed by atoms with Gasteiger partial charge in [-0.15, -0.1) is 0 Å². The molecule has 2 aromatic carbocycles. The maximum atomic E-state index is 12.8. The summed E-state index contributed by atoms with van der Waals surface area (Å²) in [4.78, 5) is 15.2. The van der Waals surface area contributed by atoms with Crippen LogP contribution in [0.15, 0.2) is 46.9 Å². The highest BCUT2D eigenvalue weighted by Crippen LogP contribution is 2.26. The van der Waals surface area contributed by atoms with Crippen LogP contribution >= 0.6 is 15.9 Å². The zero-order valence-corrected chi connectivity index (χ0v) is 18.2. The second-order valence-corrected chi connectivity index (χ2v) is 9.20. The molecule has 0 bridgehead atoms. The lowest BCUT2D eigenvalue weighted by Gasteiger charge is -2.32. The van der Waals surface area contributed by atoms with Gasteiger partial charge in [-0.25, -0.2) is 0 Å². The fourth-order valence-corrected chi connectivity index (χ4v) is 4.74. The van der Waals surface area contributed by atoms with Crippen molar-refractivity contribution in [2.75, 3.05) is 13.1 Å². The molecule has 3 nitrogen and oxygen atoms in total. The summed E-state index contributed by atoms with van der Waals surface area (Å²) in [6.07, 6.45) is 5.53.